The van der Waals surface area contributed by atoms with E-state index in [0.717, 1.165) is 5.56 Å². The van der Waals surface area contributed by atoms with Crippen LogP contribution in [0.3, 0.4) is 0 Å². The number of ether oxygens (including phenoxy) is 1. The second-order valence-electron chi connectivity index (χ2n) is 5.97. The lowest BCUT2D eigenvalue weighted by molar-refractivity contribution is -0.0679. The van der Waals surface area contributed by atoms with Gasteiger partial charge in [-0.1, -0.05) is 45.0 Å². The van der Waals surface area contributed by atoms with Gasteiger partial charge >= 0.3 is 0 Å². The van der Waals surface area contributed by atoms with Gasteiger partial charge in [0.1, 0.15) is 0 Å². The molecule has 2 nitrogen and oxygen atoms in total. The van der Waals surface area contributed by atoms with Crippen LogP contribution < -0.4 is 0 Å². The van der Waals surface area contributed by atoms with E-state index in [-0.39, 0.29) is 5.41 Å². The van der Waals surface area contributed by atoms with Crippen LogP contribution in [0, 0.1) is 0 Å². The molecule has 0 saturated carbocycles. The lowest BCUT2D eigenvalue weighted by atomic mass is 9.82. The summed E-state index contributed by atoms with van der Waals surface area (Å²) in [6, 6.07) is 8.38. The zero-order chi connectivity index (χ0) is 12.5. The van der Waals surface area contributed by atoms with Gasteiger partial charge in [-0.05, 0) is 16.5 Å². The van der Waals surface area contributed by atoms with Crippen LogP contribution in [0.2, 0.25) is 0 Å². The molecule has 94 valence electrons. The van der Waals surface area contributed by atoms with E-state index in [1.807, 2.05) is 0 Å². The average molecular weight is 234 g/mol. The molecule has 1 fully saturated rings. The Morgan fingerprint density at radius 2 is 1.59 bits per heavy atom. The van der Waals surface area contributed by atoms with Crippen molar-refractivity contribution in [3.05, 3.63) is 35.4 Å². The quantitative estimate of drug-likeness (QED) is 0.809. The first kappa shape index (κ1) is 12.6. The third-order valence-electron chi connectivity index (χ3n) is 3.61. The molecule has 0 amide bonds. The summed E-state index contributed by atoms with van der Waals surface area (Å²) in [6.45, 7) is 7.90. The maximum Gasteiger partial charge on any atom is 0.0940 e. The first-order chi connectivity index (χ1) is 7.92. The van der Waals surface area contributed by atoms with Gasteiger partial charge in [0.25, 0.3) is 0 Å². The number of hydrogen-bond acceptors (Lipinski definition) is 2. The summed E-state index contributed by atoms with van der Waals surface area (Å²) in [7, 11) is 0. The maximum absolute atomic E-state index is 10.6. The van der Waals surface area contributed by atoms with Crippen LogP contribution >= 0.6 is 0 Å². The fraction of sp³-hybridized carbons (Fsp3) is 0.600. The maximum atomic E-state index is 10.6. The van der Waals surface area contributed by atoms with E-state index in [9.17, 15) is 5.11 Å². The van der Waals surface area contributed by atoms with Crippen LogP contribution in [0.1, 0.15) is 44.7 Å². The fourth-order valence-corrected chi connectivity index (χ4v) is 2.28. The van der Waals surface area contributed by atoms with Crippen LogP contribution in [0.15, 0.2) is 24.3 Å². The molecule has 17 heavy (non-hydrogen) atoms. The van der Waals surface area contributed by atoms with Crippen molar-refractivity contribution < 1.29 is 9.84 Å². The summed E-state index contributed by atoms with van der Waals surface area (Å²) < 4.78 is 5.30. The Morgan fingerprint density at radius 1 is 1.06 bits per heavy atom. The van der Waals surface area contributed by atoms with E-state index in [0.29, 0.717) is 26.1 Å². The third-order valence-corrected chi connectivity index (χ3v) is 3.61. The molecule has 0 spiro atoms. The first-order valence-electron chi connectivity index (χ1n) is 6.33. The van der Waals surface area contributed by atoms with Gasteiger partial charge in [-0.25, -0.2) is 0 Å². The summed E-state index contributed by atoms with van der Waals surface area (Å²) >= 11 is 0. The van der Waals surface area contributed by atoms with Gasteiger partial charge in [-0.15, -0.1) is 0 Å². The first-order valence-corrected chi connectivity index (χ1v) is 6.33. The van der Waals surface area contributed by atoms with Crippen molar-refractivity contribution >= 4 is 0 Å². The molecule has 1 aliphatic heterocycles. The Bertz CT molecular complexity index is 367. The highest BCUT2D eigenvalue weighted by molar-refractivity contribution is 5.31. The Balaban J connectivity index is 2.23. The molecule has 2 rings (SSSR count). The molecule has 1 aromatic rings. The number of benzene rings is 1. The van der Waals surface area contributed by atoms with Crippen LogP contribution in [0.4, 0.5) is 0 Å². The highest BCUT2D eigenvalue weighted by Crippen LogP contribution is 2.33. The predicted octanol–water partition coefficient (Wildman–Crippen LogP) is 2.98. The molecule has 0 unspecified atom stereocenters. The van der Waals surface area contributed by atoms with Crippen molar-refractivity contribution in [1.29, 1.82) is 0 Å². The molecule has 1 saturated heterocycles. The minimum absolute atomic E-state index is 0.164. The van der Waals surface area contributed by atoms with Gasteiger partial charge < -0.3 is 9.84 Å². The Labute approximate surface area is 104 Å². The minimum atomic E-state index is -0.686. The van der Waals surface area contributed by atoms with E-state index in [1.54, 1.807) is 0 Å². The van der Waals surface area contributed by atoms with Crippen LogP contribution in [-0.4, -0.2) is 18.3 Å². The highest BCUT2D eigenvalue weighted by Gasteiger charge is 2.31. The molecule has 0 aliphatic carbocycles. The lowest BCUT2D eigenvalue weighted by Crippen LogP contribution is -2.33. The molecule has 2 heteroatoms. The van der Waals surface area contributed by atoms with E-state index in [4.69, 9.17) is 4.74 Å². The minimum Gasteiger partial charge on any atom is -0.385 e. The normalized spacial score (nSPS) is 20.2. The van der Waals surface area contributed by atoms with E-state index in [2.05, 4.69) is 45.0 Å². The van der Waals surface area contributed by atoms with Gasteiger partial charge in [-0.2, -0.15) is 0 Å². The predicted molar refractivity (Wildman–Crippen MR) is 69.1 cm³/mol. The topological polar surface area (TPSA) is 29.5 Å². The Kier molecular flexibility index (Phi) is 3.28. The smallest absolute Gasteiger partial charge is 0.0940 e. The summed E-state index contributed by atoms with van der Waals surface area (Å²) in [5.41, 5.74) is 1.80. The summed E-state index contributed by atoms with van der Waals surface area (Å²) in [6.07, 6.45) is 1.39. The molecule has 0 atom stereocenters. The molecule has 1 heterocycles. The zero-order valence-corrected chi connectivity index (χ0v) is 11.0. The van der Waals surface area contributed by atoms with Crippen LogP contribution in [-0.2, 0) is 15.8 Å². The van der Waals surface area contributed by atoms with Gasteiger partial charge in [0.05, 0.1) is 5.60 Å². The fourth-order valence-electron chi connectivity index (χ4n) is 2.28. The van der Waals surface area contributed by atoms with Gasteiger partial charge in [0.15, 0.2) is 0 Å². The largest absolute Gasteiger partial charge is 0.385 e. The second kappa shape index (κ2) is 4.43. The van der Waals surface area contributed by atoms with Gasteiger partial charge in [-0.3, -0.25) is 0 Å². The summed E-state index contributed by atoms with van der Waals surface area (Å²) in [5.74, 6) is 0. The molecule has 1 aliphatic rings. The van der Waals surface area contributed by atoms with Crippen molar-refractivity contribution in [3.63, 3.8) is 0 Å². The van der Waals surface area contributed by atoms with Crippen LogP contribution in [0.5, 0.6) is 0 Å². The molecule has 1 N–H and O–H groups in total. The molecule has 1 aromatic carbocycles. The van der Waals surface area contributed by atoms with Crippen molar-refractivity contribution in [3.8, 4) is 0 Å². The van der Waals surface area contributed by atoms with Crippen molar-refractivity contribution in [1.82, 2.24) is 0 Å². The van der Waals surface area contributed by atoms with Crippen molar-refractivity contribution in [2.45, 2.75) is 44.6 Å². The summed E-state index contributed by atoms with van der Waals surface area (Å²) in [4.78, 5) is 0. The zero-order valence-electron chi connectivity index (χ0n) is 11.0. The molecular formula is C15H22O2. The Hall–Kier alpha value is -0.860. The van der Waals surface area contributed by atoms with Crippen molar-refractivity contribution in [2.75, 3.05) is 13.2 Å². The van der Waals surface area contributed by atoms with Crippen LogP contribution in [0.25, 0.3) is 0 Å². The van der Waals surface area contributed by atoms with Gasteiger partial charge in [0.2, 0.25) is 0 Å². The SMILES string of the molecule is CC(C)(C)c1ccc(C2(O)CCOCC2)cc1. The molecule has 0 aromatic heterocycles. The lowest BCUT2D eigenvalue weighted by Gasteiger charge is -2.33. The highest BCUT2D eigenvalue weighted by atomic mass is 16.5. The Morgan fingerprint density at radius 3 is 2.06 bits per heavy atom. The van der Waals surface area contributed by atoms with E-state index < -0.39 is 5.60 Å². The van der Waals surface area contributed by atoms with E-state index >= 15 is 0 Å². The number of rotatable bonds is 1. The molecule has 0 bridgehead atoms. The van der Waals surface area contributed by atoms with Gasteiger partial charge in [0, 0.05) is 26.1 Å². The third kappa shape index (κ3) is 2.70. The summed E-state index contributed by atoms with van der Waals surface area (Å²) in [5, 5.41) is 10.6. The molecular weight excluding hydrogens is 212 g/mol. The van der Waals surface area contributed by atoms with Crippen molar-refractivity contribution in [2.24, 2.45) is 0 Å². The number of aliphatic hydroxyl groups is 1. The average Bonchev–Trinajstić information content (AvgIpc) is 2.29. The number of hydrogen-bond donors (Lipinski definition) is 1. The second-order valence-corrected chi connectivity index (χ2v) is 5.97. The molecule has 0 radical (unpaired) electrons. The standard InChI is InChI=1S/C15H22O2/c1-14(2,3)12-4-6-13(7-5-12)15(16)8-10-17-11-9-15/h4-7,16H,8-11H2,1-3H3. The monoisotopic (exact) mass is 234 g/mol. The van der Waals surface area contributed by atoms with E-state index in [1.165, 1.54) is 5.56 Å².